The summed E-state index contributed by atoms with van der Waals surface area (Å²) in [6.45, 7) is 5.89. The number of allylic oxidation sites excluding steroid dienone is 3. The Balaban J connectivity index is 0.000000371. The molecule has 0 saturated heterocycles. The first-order valence-corrected chi connectivity index (χ1v) is 3.55. The van der Waals surface area contributed by atoms with Crippen LogP contribution >= 0.6 is 0 Å². The van der Waals surface area contributed by atoms with E-state index in [0.29, 0.717) is 0 Å². The van der Waals surface area contributed by atoms with Gasteiger partial charge in [0.1, 0.15) is 6.17 Å². The zero-order chi connectivity index (χ0) is 7.98. The molecule has 0 aromatic heterocycles. The maximum absolute atomic E-state index is 12.1. The van der Waals surface area contributed by atoms with Crippen LogP contribution in [0.5, 0.6) is 0 Å². The van der Waals surface area contributed by atoms with Crippen molar-refractivity contribution in [2.24, 2.45) is 0 Å². The van der Waals surface area contributed by atoms with Gasteiger partial charge in [0.2, 0.25) is 0 Å². The maximum atomic E-state index is 12.1. The molecule has 1 rings (SSSR count). The topological polar surface area (TPSA) is 0 Å². The number of hydrogen-bond donors (Lipinski definition) is 0. The molecule has 10 heavy (non-hydrogen) atoms. The summed E-state index contributed by atoms with van der Waals surface area (Å²) in [7, 11) is 0. The summed E-state index contributed by atoms with van der Waals surface area (Å²) in [6.07, 6.45) is 3.73. The second-order valence-corrected chi connectivity index (χ2v) is 1.80. The van der Waals surface area contributed by atoms with E-state index in [1.807, 2.05) is 20.8 Å². The smallest absolute Gasteiger partial charge is 0.144 e. The van der Waals surface area contributed by atoms with E-state index in [9.17, 15) is 4.39 Å². The lowest BCUT2D eigenvalue weighted by atomic mass is 10.2. The van der Waals surface area contributed by atoms with Gasteiger partial charge in [-0.15, -0.1) is 5.73 Å². The van der Waals surface area contributed by atoms with Gasteiger partial charge in [-0.3, -0.25) is 0 Å². The van der Waals surface area contributed by atoms with E-state index in [1.54, 1.807) is 6.08 Å². The molecule has 1 unspecified atom stereocenters. The van der Waals surface area contributed by atoms with E-state index in [1.165, 1.54) is 12.2 Å². The Hall–Kier alpha value is -0.810. The number of halogens is 1. The highest BCUT2D eigenvalue weighted by atomic mass is 19.1. The van der Waals surface area contributed by atoms with Gasteiger partial charge in [0.25, 0.3) is 0 Å². The molecule has 0 heterocycles. The van der Waals surface area contributed by atoms with E-state index in [0.717, 1.165) is 5.57 Å². The summed E-state index contributed by atoms with van der Waals surface area (Å²) in [5.41, 5.74) is 3.75. The SMILES string of the molecule is CC.CC1=C=CC(F)C=C1. The third kappa shape index (κ3) is 3.26. The van der Waals surface area contributed by atoms with Gasteiger partial charge in [-0.05, 0) is 24.6 Å². The van der Waals surface area contributed by atoms with Crippen LogP contribution in [0.1, 0.15) is 20.8 Å². The zero-order valence-corrected chi connectivity index (χ0v) is 6.69. The molecule has 0 fully saturated rings. The fourth-order valence-electron chi connectivity index (χ4n) is 0.551. The standard InChI is InChI=1S/C7H7F.C2H6/c1-6-2-4-7(8)5-3-6;1-2/h2,4-5,7H,1H3;1-2H3. The molecule has 0 bridgehead atoms. The molecule has 1 aliphatic rings. The second kappa shape index (κ2) is 5.01. The molecule has 0 nitrogen and oxygen atoms in total. The highest BCUT2D eigenvalue weighted by molar-refractivity contribution is 5.23. The molecule has 0 amide bonds. The Bertz CT molecular complexity index is 171. The molecule has 1 atom stereocenters. The van der Waals surface area contributed by atoms with Gasteiger partial charge >= 0.3 is 0 Å². The molecule has 0 aliphatic heterocycles. The van der Waals surface area contributed by atoms with E-state index >= 15 is 0 Å². The lowest BCUT2D eigenvalue weighted by Crippen LogP contribution is -1.89. The number of hydrogen-bond acceptors (Lipinski definition) is 0. The lowest BCUT2D eigenvalue weighted by molar-refractivity contribution is 0.468. The second-order valence-electron chi connectivity index (χ2n) is 1.80. The van der Waals surface area contributed by atoms with Gasteiger partial charge in [-0.1, -0.05) is 19.9 Å². The predicted octanol–water partition coefficient (Wildman–Crippen LogP) is 3.02. The average Bonchev–Trinajstić information content (AvgIpc) is 2.00. The van der Waals surface area contributed by atoms with Crippen LogP contribution in [0.2, 0.25) is 0 Å². The number of rotatable bonds is 0. The molecule has 0 N–H and O–H groups in total. The third-order valence-electron chi connectivity index (χ3n) is 1.00. The summed E-state index contributed by atoms with van der Waals surface area (Å²) < 4.78 is 12.1. The summed E-state index contributed by atoms with van der Waals surface area (Å²) in [4.78, 5) is 0. The first-order chi connectivity index (χ1) is 4.79. The van der Waals surface area contributed by atoms with Crippen LogP contribution in [0.25, 0.3) is 0 Å². The van der Waals surface area contributed by atoms with Gasteiger partial charge in [-0.2, -0.15) is 0 Å². The Kier molecular flexibility index (Phi) is 4.61. The zero-order valence-electron chi connectivity index (χ0n) is 6.69. The molecule has 0 aromatic rings. The average molecular weight is 140 g/mol. The first-order valence-electron chi connectivity index (χ1n) is 3.55. The van der Waals surface area contributed by atoms with Crippen LogP contribution in [-0.4, -0.2) is 6.17 Å². The monoisotopic (exact) mass is 140 g/mol. The van der Waals surface area contributed by atoms with Crippen molar-refractivity contribution in [2.75, 3.05) is 0 Å². The third-order valence-corrected chi connectivity index (χ3v) is 1.00. The number of alkyl halides is 1. The van der Waals surface area contributed by atoms with Crippen molar-refractivity contribution in [1.29, 1.82) is 0 Å². The minimum atomic E-state index is -0.918. The van der Waals surface area contributed by atoms with Gasteiger partial charge in [0, 0.05) is 0 Å². The van der Waals surface area contributed by atoms with E-state index in [2.05, 4.69) is 5.73 Å². The van der Waals surface area contributed by atoms with Crippen molar-refractivity contribution < 1.29 is 4.39 Å². The van der Waals surface area contributed by atoms with Crippen molar-refractivity contribution in [3.05, 3.63) is 29.5 Å². The fourth-order valence-corrected chi connectivity index (χ4v) is 0.551. The summed E-state index contributed by atoms with van der Waals surface area (Å²) in [5.74, 6) is 0. The quantitative estimate of drug-likeness (QED) is 0.454. The van der Waals surface area contributed by atoms with Gasteiger partial charge in [-0.25, -0.2) is 4.39 Å². The molecular weight excluding hydrogens is 127 g/mol. The van der Waals surface area contributed by atoms with Crippen molar-refractivity contribution in [3.8, 4) is 0 Å². The van der Waals surface area contributed by atoms with Crippen LogP contribution < -0.4 is 0 Å². The summed E-state index contributed by atoms with van der Waals surface area (Å²) in [5, 5.41) is 0. The minimum absolute atomic E-state index is 0.918. The van der Waals surface area contributed by atoms with Crippen LogP contribution in [0.15, 0.2) is 29.5 Å². The van der Waals surface area contributed by atoms with E-state index in [-0.39, 0.29) is 0 Å². The minimum Gasteiger partial charge on any atom is -0.238 e. The lowest BCUT2D eigenvalue weighted by Gasteiger charge is -1.95. The highest BCUT2D eigenvalue weighted by Gasteiger charge is 1.95. The summed E-state index contributed by atoms with van der Waals surface area (Å²) >= 11 is 0. The fraction of sp³-hybridized carbons (Fsp3) is 0.444. The largest absolute Gasteiger partial charge is 0.238 e. The Labute approximate surface area is 61.8 Å². The molecule has 0 spiro atoms. The normalized spacial score (nSPS) is 21.2. The molecular formula is C9H13F. The van der Waals surface area contributed by atoms with Crippen LogP contribution in [0.3, 0.4) is 0 Å². The molecule has 0 aromatic carbocycles. The Morgan fingerprint density at radius 2 is 2.10 bits per heavy atom. The first kappa shape index (κ1) is 9.19. The van der Waals surface area contributed by atoms with E-state index < -0.39 is 6.17 Å². The van der Waals surface area contributed by atoms with Crippen LogP contribution in [0.4, 0.5) is 4.39 Å². The molecule has 1 heteroatoms. The molecule has 56 valence electrons. The van der Waals surface area contributed by atoms with Crippen molar-refractivity contribution in [1.82, 2.24) is 0 Å². The van der Waals surface area contributed by atoms with Gasteiger partial charge in [0.15, 0.2) is 0 Å². The van der Waals surface area contributed by atoms with Gasteiger partial charge in [0.05, 0.1) is 0 Å². The Morgan fingerprint density at radius 3 is 2.40 bits per heavy atom. The van der Waals surface area contributed by atoms with Crippen LogP contribution in [-0.2, 0) is 0 Å². The van der Waals surface area contributed by atoms with Crippen molar-refractivity contribution in [2.45, 2.75) is 26.9 Å². The molecule has 1 aliphatic carbocycles. The Morgan fingerprint density at radius 1 is 1.50 bits per heavy atom. The van der Waals surface area contributed by atoms with E-state index in [4.69, 9.17) is 0 Å². The van der Waals surface area contributed by atoms with Crippen molar-refractivity contribution >= 4 is 0 Å². The van der Waals surface area contributed by atoms with Crippen molar-refractivity contribution in [3.63, 3.8) is 0 Å². The van der Waals surface area contributed by atoms with Crippen LogP contribution in [0, 0.1) is 0 Å². The predicted molar refractivity (Wildman–Crippen MR) is 42.7 cm³/mol. The highest BCUT2D eigenvalue weighted by Crippen LogP contribution is 2.04. The summed E-state index contributed by atoms with van der Waals surface area (Å²) in [6, 6.07) is 0. The van der Waals surface area contributed by atoms with Gasteiger partial charge < -0.3 is 0 Å². The molecule has 0 saturated carbocycles. The maximum Gasteiger partial charge on any atom is 0.144 e. The molecule has 0 radical (unpaired) electrons.